The van der Waals surface area contributed by atoms with E-state index in [4.69, 9.17) is 5.73 Å². The van der Waals surface area contributed by atoms with Crippen LogP contribution in [0, 0.1) is 12.8 Å². The number of benzene rings is 1. The largest absolute Gasteiger partial charge is 0.370 e. The van der Waals surface area contributed by atoms with E-state index >= 15 is 0 Å². The number of aliphatic imine (C=N–C) groups is 1. The zero-order valence-electron chi connectivity index (χ0n) is 12.1. The van der Waals surface area contributed by atoms with E-state index < -0.39 is 9.84 Å². The van der Waals surface area contributed by atoms with E-state index in [9.17, 15) is 8.42 Å². The number of nitrogens with two attached hydrogens (primary N) is 1. The molecule has 0 aliphatic carbocycles. The molecule has 2 rings (SSSR count). The van der Waals surface area contributed by atoms with Crippen molar-refractivity contribution in [3.63, 3.8) is 0 Å². The van der Waals surface area contributed by atoms with Crippen LogP contribution in [0.4, 0.5) is 5.69 Å². The Balaban J connectivity index is 0.00000220. The lowest BCUT2D eigenvalue weighted by atomic mass is 10.0. The highest BCUT2D eigenvalue weighted by atomic mass is 127. The van der Waals surface area contributed by atoms with E-state index in [-0.39, 0.29) is 35.5 Å². The summed E-state index contributed by atoms with van der Waals surface area (Å²) in [5.41, 5.74) is 7.91. The summed E-state index contributed by atoms with van der Waals surface area (Å²) in [6.45, 7) is 2.60. The number of sulfone groups is 1. The number of anilines is 1. The number of hydrogen-bond donors (Lipinski definition) is 2. The molecule has 1 fully saturated rings. The van der Waals surface area contributed by atoms with Crippen molar-refractivity contribution in [2.75, 3.05) is 23.4 Å². The molecule has 7 heteroatoms. The smallest absolute Gasteiger partial charge is 0.193 e. The van der Waals surface area contributed by atoms with Gasteiger partial charge in [0, 0.05) is 12.2 Å². The predicted octanol–water partition coefficient (Wildman–Crippen LogP) is 2.16. The van der Waals surface area contributed by atoms with Crippen molar-refractivity contribution in [1.82, 2.24) is 0 Å². The molecule has 1 aliphatic heterocycles. The number of nitrogens with zero attached hydrogens (tertiary/aromatic N) is 1. The first-order valence-corrected chi connectivity index (χ1v) is 8.61. The summed E-state index contributed by atoms with van der Waals surface area (Å²) in [6, 6.07) is 7.90. The molecule has 1 aliphatic rings. The average Bonchev–Trinajstić information content (AvgIpc) is 2.37. The minimum Gasteiger partial charge on any atom is -0.370 e. The Hall–Kier alpha value is -0.830. The lowest BCUT2D eigenvalue weighted by Crippen LogP contribution is -2.27. The Bertz CT molecular complexity index is 588. The first kappa shape index (κ1) is 18.2. The van der Waals surface area contributed by atoms with Crippen LogP contribution in [0.15, 0.2) is 29.3 Å². The first-order valence-electron chi connectivity index (χ1n) is 6.79. The topological polar surface area (TPSA) is 84.5 Å². The standard InChI is InChI=1S/C14H21N3O2S.HI/c1-11-3-2-4-13(9-11)17-14(15)16-10-12-5-7-20(18,19)8-6-12;/h2-4,9,12H,5-8,10H2,1H3,(H3,15,16,17);1H. The Morgan fingerprint density at radius 1 is 1.38 bits per heavy atom. The lowest BCUT2D eigenvalue weighted by molar-refractivity contribution is 0.475. The lowest BCUT2D eigenvalue weighted by Gasteiger charge is -2.20. The number of halogens is 1. The number of nitrogens with one attached hydrogen (secondary N) is 1. The van der Waals surface area contributed by atoms with Crippen LogP contribution < -0.4 is 11.1 Å². The highest BCUT2D eigenvalue weighted by Gasteiger charge is 2.23. The van der Waals surface area contributed by atoms with E-state index in [1.165, 1.54) is 0 Å². The van der Waals surface area contributed by atoms with Gasteiger partial charge >= 0.3 is 0 Å². The van der Waals surface area contributed by atoms with Crippen LogP contribution in [0.3, 0.4) is 0 Å². The fourth-order valence-corrected chi connectivity index (χ4v) is 3.85. The summed E-state index contributed by atoms with van der Waals surface area (Å²) >= 11 is 0. The molecule has 21 heavy (non-hydrogen) atoms. The fraction of sp³-hybridized carbons (Fsp3) is 0.500. The van der Waals surface area contributed by atoms with Gasteiger partial charge in [-0.3, -0.25) is 4.99 Å². The molecule has 1 aromatic carbocycles. The van der Waals surface area contributed by atoms with E-state index in [2.05, 4.69) is 10.3 Å². The summed E-state index contributed by atoms with van der Waals surface area (Å²) in [4.78, 5) is 4.31. The van der Waals surface area contributed by atoms with Crippen LogP contribution in [-0.2, 0) is 9.84 Å². The molecule has 118 valence electrons. The van der Waals surface area contributed by atoms with Gasteiger partial charge in [-0.05, 0) is 43.4 Å². The van der Waals surface area contributed by atoms with Crippen molar-refractivity contribution in [3.05, 3.63) is 29.8 Å². The number of aryl methyl sites for hydroxylation is 1. The van der Waals surface area contributed by atoms with Crippen molar-refractivity contribution in [2.45, 2.75) is 19.8 Å². The second kappa shape index (κ2) is 7.98. The maximum absolute atomic E-state index is 11.3. The van der Waals surface area contributed by atoms with Gasteiger partial charge in [-0.1, -0.05) is 12.1 Å². The highest BCUT2D eigenvalue weighted by Crippen LogP contribution is 2.19. The third-order valence-corrected chi connectivity index (χ3v) is 5.20. The number of guanidine groups is 1. The maximum Gasteiger partial charge on any atom is 0.193 e. The molecule has 0 bridgehead atoms. The minimum absolute atomic E-state index is 0. The van der Waals surface area contributed by atoms with E-state index in [0.29, 0.717) is 31.3 Å². The molecule has 3 N–H and O–H groups in total. The monoisotopic (exact) mass is 423 g/mol. The molecule has 0 unspecified atom stereocenters. The molecule has 0 atom stereocenters. The summed E-state index contributed by atoms with van der Waals surface area (Å²) in [5.74, 6) is 1.25. The SMILES string of the molecule is Cc1cccc(NC(N)=NCC2CCS(=O)(=O)CC2)c1.I. The summed E-state index contributed by atoms with van der Waals surface area (Å²) in [6.07, 6.45) is 1.37. The molecular weight excluding hydrogens is 401 g/mol. The molecule has 1 heterocycles. The quantitative estimate of drug-likeness (QED) is 0.444. The van der Waals surface area contributed by atoms with Gasteiger partial charge in [-0.25, -0.2) is 8.42 Å². The molecule has 0 saturated carbocycles. The molecule has 0 aromatic heterocycles. The third-order valence-electron chi connectivity index (χ3n) is 3.48. The van der Waals surface area contributed by atoms with Crippen LogP contribution >= 0.6 is 24.0 Å². The summed E-state index contributed by atoms with van der Waals surface area (Å²) in [5, 5.41) is 3.05. The maximum atomic E-state index is 11.3. The summed E-state index contributed by atoms with van der Waals surface area (Å²) in [7, 11) is -2.80. The molecule has 0 radical (unpaired) electrons. The first-order chi connectivity index (χ1) is 9.44. The normalized spacial score (nSPS) is 18.8. The minimum atomic E-state index is -2.80. The zero-order chi connectivity index (χ0) is 14.6. The van der Waals surface area contributed by atoms with Gasteiger partial charge < -0.3 is 11.1 Å². The summed E-state index contributed by atoms with van der Waals surface area (Å²) < 4.78 is 22.7. The molecule has 1 saturated heterocycles. The molecule has 0 amide bonds. The Labute approximate surface area is 143 Å². The Kier molecular flexibility index (Phi) is 6.92. The number of hydrogen-bond acceptors (Lipinski definition) is 3. The van der Waals surface area contributed by atoms with Crippen molar-refractivity contribution >= 4 is 45.5 Å². The Morgan fingerprint density at radius 3 is 2.67 bits per heavy atom. The number of rotatable bonds is 3. The van der Waals surface area contributed by atoms with Gasteiger partial charge in [0.15, 0.2) is 5.96 Å². The van der Waals surface area contributed by atoms with Crippen LogP contribution in [-0.4, -0.2) is 32.4 Å². The van der Waals surface area contributed by atoms with Crippen molar-refractivity contribution < 1.29 is 8.42 Å². The molecule has 1 aromatic rings. The van der Waals surface area contributed by atoms with Gasteiger partial charge in [0.05, 0.1) is 11.5 Å². The van der Waals surface area contributed by atoms with E-state index in [1.807, 2.05) is 31.2 Å². The predicted molar refractivity (Wildman–Crippen MR) is 98.1 cm³/mol. The van der Waals surface area contributed by atoms with Crippen LogP contribution in [0.5, 0.6) is 0 Å². The third kappa shape index (κ3) is 6.21. The fourth-order valence-electron chi connectivity index (χ4n) is 2.26. The van der Waals surface area contributed by atoms with Crippen LogP contribution in [0.25, 0.3) is 0 Å². The van der Waals surface area contributed by atoms with E-state index in [0.717, 1.165) is 11.3 Å². The van der Waals surface area contributed by atoms with Gasteiger partial charge in [-0.15, -0.1) is 24.0 Å². The van der Waals surface area contributed by atoms with Gasteiger partial charge in [0.2, 0.25) is 0 Å². The van der Waals surface area contributed by atoms with Gasteiger partial charge in [0.1, 0.15) is 9.84 Å². The van der Waals surface area contributed by atoms with Gasteiger partial charge in [0.25, 0.3) is 0 Å². The van der Waals surface area contributed by atoms with Crippen LogP contribution in [0.2, 0.25) is 0 Å². The molecular formula is C14H22IN3O2S. The Morgan fingerprint density at radius 2 is 2.05 bits per heavy atom. The van der Waals surface area contributed by atoms with E-state index in [1.54, 1.807) is 0 Å². The second-order valence-corrected chi connectivity index (χ2v) is 7.62. The highest BCUT2D eigenvalue weighted by molar-refractivity contribution is 14.0. The zero-order valence-corrected chi connectivity index (χ0v) is 15.2. The van der Waals surface area contributed by atoms with Crippen molar-refractivity contribution in [2.24, 2.45) is 16.6 Å². The second-order valence-electron chi connectivity index (χ2n) is 5.32. The molecule has 0 spiro atoms. The molecule has 5 nitrogen and oxygen atoms in total. The average molecular weight is 423 g/mol. The van der Waals surface area contributed by atoms with Gasteiger partial charge in [-0.2, -0.15) is 0 Å². The van der Waals surface area contributed by atoms with Crippen LogP contribution in [0.1, 0.15) is 18.4 Å². The van der Waals surface area contributed by atoms with Crippen molar-refractivity contribution in [3.8, 4) is 0 Å². The van der Waals surface area contributed by atoms with Crippen molar-refractivity contribution in [1.29, 1.82) is 0 Å².